The van der Waals surface area contributed by atoms with Crippen molar-refractivity contribution >= 4 is 43.5 Å². The van der Waals surface area contributed by atoms with E-state index in [-0.39, 0.29) is 0 Å². The average molecular weight is 314 g/mol. The minimum absolute atomic E-state index is 0.446. The van der Waals surface area contributed by atoms with Crippen molar-refractivity contribution in [3.63, 3.8) is 0 Å². The molecule has 0 bridgehead atoms. The Kier molecular flexibility index (Phi) is 3.87. The molecular weight excluding hydrogens is 307 g/mol. The van der Waals surface area contributed by atoms with Crippen LogP contribution in [0.3, 0.4) is 0 Å². The molecule has 0 aromatic heterocycles. The third kappa shape index (κ3) is 2.15. The number of alkyl halides is 1. The zero-order valence-electron chi connectivity index (χ0n) is 6.40. The summed E-state index contributed by atoms with van der Waals surface area (Å²) in [6.07, 6.45) is 0. The molecule has 1 aromatic rings. The Labute approximate surface area is 93.3 Å². The average Bonchev–Trinajstić information content (AvgIpc) is 2.03. The van der Waals surface area contributed by atoms with Gasteiger partial charge in [-0.25, -0.2) is 0 Å². The third-order valence-corrected chi connectivity index (χ3v) is 2.77. The first-order valence-electron chi connectivity index (χ1n) is 3.27. The predicted octanol–water partition coefficient (Wildman–Crippen LogP) is 3.96. The van der Waals surface area contributed by atoms with E-state index < -0.39 is 0 Å². The van der Waals surface area contributed by atoms with Crippen molar-refractivity contribution in [1.82, 2.24) is 0 Å². The number of benzene rings is 1. The minimum atomic E-state index is 0.446. The molecule has 0 atom stereocenters. The maximum absolute atomic E-state index is 5.73. The van der Waals surface area contributed by atoms with Crippen molar-refractivity contribution in [1.29, 1.82) is 0 Å². The second-order valence-electron chi connectivity index (χ2n) is 2.21. The molecule has 0 aliphatic heterocycles. The molecule has 0 fully saturated rings. The van der Waals surface area contributed by atoms with Crippen LogP contribution in [-0.2, 0) is 5.88 Å². The second kappa shape index (κ2) is 4.49. The molecule has 0 amide bonds. The highest BCUT2D eigenvalue weighted by molar-refractivity contribution is 9.11. The van der Waals surface area contributed by atoms with Crippen molar-refractivity contribution in [2.24, 2.45) is 0 Å². The van der Waals surface area contributed by atoms with Crippen LogP contribution < -0.4 is 4.74 Å². The van der Waals surface area contributed by atoms with E-state index >= 15 is 0 Å². The Hall–Kier alpha value is 0.270. The number of halogens is 3. The molecule has 0 aliphatic carbocycles. The molecule has 66 valence electrons. The van der Waals surface area contributed by atoms with Gasteiger partial charge in [0.15, 0.2) is 0 Å². The van der Waals surface area contributed by atoms with Gasteiger partial charge in [-0.15, -0.1) is 11.6 Å². The van der Waals surface area contributed by atoms with Gasteiger partial charge in [-0.2, -0.15) is 0 Å². The zero-order valence-corrected chi connectivity index (χ0v) is 10.3. The fraction of sp³-hybridized carbons (Fsp3) is 0.250. The lowest BCUT2D eigenvalue weighted by molar-refractivity contribution is 0.408. The number of ether oxygens (including phenoxy) is 1. The van der Waals surface area contributed by atoms with Gasteiger partial charge in [0.25, 0.3) is 0 Å². The molecule has 1 nitrogen and oxygen atoms in total. The molecule has 0 heterocycles. The molecular formula is C8H7Br2ClO. The summed E-state index contributed by atoms with van der Waals surface area (Å²) in [4.78, 5) is 0. The lowest BCUT2D eigenvalue weighted by Gasteiger charge is -2.08. The van der Waals surface area contributed by atoms with Crippen LogP contribution in [0.5, 0.6) is 5.75 Å². The summed E-state index contributed by atoms with van der Waals surface area (Å²) in [6.45, 7) is 0. The molecule has 0 N–H and O–H groups in total. The fourth-order valence-corrected chi connectivity index (χ4v) is 2.62. The minimum Gasteiger partial charge on any atom is -0.495 e. The summed E-state index contributed by atoms with van der Waals surface area (Å²) < 4.78 is 7.07. The third-order valence-electron chi connectivity index (χ3n) is 1.43. The number of rotatable bonds is 2. The quantitative estimate of drug-likeness (QED) is 0.751. The van der Waals surface area contributed by atoms with Gasteiger partial charge in [0.1, 0.15) is 5.75 Å². The predicted molar refractivity (Wildman–Crippen MR) is 58.0 cm³/mol. The molecule has 1 aromatic carbocycles. The monoisotopic (exact) mass is 312 g/mol. The van der Waals surface area contributed by atoms with Crippen LogP contribution in [0.1, 0.15) is 5.56 Å². The molecule has 0 saturated heterocycles. The smallest absolute Gasteiger partial charge is 0.137 e. The van der Waals surface area contributed by atoms with Gasteiger partial charge in [0.05, 0.1) is 17.5 Å². The van der Waals surface area contributed by atoms with Gasteiger partial charge < -0.3 is 4.74 Å². The lowest BCUT2D eigenvalue weighted by atomic mass is 10.2. The summed E-state index contributed by atoms with van der Waals surface area (Å²) in [6, 6.07) is 3.87. The number of hydrogen-bond donors (Lipinski definition) is 0. The zero-order chi connectivity index (χ0) is 9.14. The van der Waals surface area contributed by atoms with Gasteiger partial charge in [-0.1, -0.05) is 15.9 Å². The Morgan fingerprint density at radius 2 is 2.08 bits per heavy atom. The Morgan fingerprint density at radius 3 is 2.58 bits per heavy atom. The normalized spacial score (nSPS) is 10.0. The van der Waals surface area contributed by atoms with Crippen LogP contribution in [0.25, 0.3) is 0 Å². The molecule has 0 spiro atoms. The van der Waals surface area contributed by atoms with Crippen LogP contribution in [-0.4, -0.2) is 7.11 Å². The van der Waals surface area contributed by atoms with E-state index in [2.05, 4.69) is 31.9 Å². The first-order chi connectivity index (χ1) is 5.69. The van der Waals surface area contributed by atoms with E-state index in [4.69, 9.17) is 16.3 Å². The standard InChI is InChI=1S/C8H7Br2ClO/c1-12-8-5(4-11)2-6(9)3-7(8)10/h2-3H,4H2,1H3. The van der Waals surface area contributed by atoms with Crippen LogP contribution >= 0.6 is 43.5 Å². The largest absolute Gasteiger partial charge is 0.495 e. The summed E-state index contributed by atoms with van der Waals surface area (Å²) in [5.41, 5.74) is 0.973. The van der Waals surface area contributed by atoms with Gasteiger partial charge in [-0.3, -0.25) is 0 Å². The van der Waals surface area contributed by atoms with Crippen LogP contribution in [0, 0.1) is 0 Å². The first-order valence-corrected chi connectivity index (χ1v) is 5.39. The molecule has 4 heteroatoms. The molecule has 1 rings (SSSR count). The fourth-order valence-electron chi connectivity index (χ4n) is 0.942. The van der Waals surface area contributed by atoms with E-state index in [1.807, 2.05) is 12.1 Å². The summed E-state index contributed by atoms with van der Waals surface area (Å²) in [7, 11) is 1.63. The highest BCUT2D eigenvalue weighted by atomic mass is 79.9. The highest BCUT2D eigenvalue weighted by Gasteiger charge is 2.07. The van der Waals surface area contributed by atoms with E-state index in [0.717, 1.165) is 20.3 Å². The molecule has 0 saturated carbocycles. The SMILES string of the molecule is COc1c(Br)cc(Br)cc1CCl. The van der Waals surface area contributed by atoms with Gasteiger partial charge in [-0.05, 0) is 28.1 Å². The Morgan fingerprint density at radius 1 is 1.42 bits per heavy atom. The summed E-state index contributed by atoms with van der Waals surface area (Å²) in [5, 5.41) is 0. The lowest BCUT2D eigenvalue weighted by Crippen LogP contribution is -1.90. The van der Waals surface area contributed by atoms with Crippen LogP contribution in [0.4, 0.5) is 0 Å². The van der Waals surface area contributed by atoms with Crippen molar-refractivity contribution < 1.29 is 4.74 Å². The van der Waals surface area contributed by atoms with E-state index in [9.17, 15) is 0 Å². The van der Waals surface area contributed by atoms with Crippen LogP contribution in [0.15, 0.2) is 21.1 Å². The van der Waals surface area contributed by atoms with Gasteiger partial charge >= 0.3 is 0 Å². The topological polar surface area (TPSA) is 9.23 Å². The summed E-state index contributed by atoms with van der Waals surface area (Å²) in [5.74, 6) is 1.24. The van der Waals surface area contributed by atoms with E-state index in [0.29, 0.717) is 5.88 Å². The summed E-state index contributed by atoms with van der Waals surface area (Å²) >= 11 is 12.5. The molecule has 0 aliphatic rings. The van der Waals surface area contributed by atoms with Crippen molar-refractivity contribution in [2.75, 3.05) is 7.11 Å². The van der Waals surface area contributed by atoms with Crippen LogP contribution in [0.2, 0.25) is 0 Å². The van der Waals surface area contributed by atoms with Gasteiger partial charge in [0.2, 0.25) is 0 Å². The van der Waals surface area contributed by atoms with E-state index in [1.165, 1.54) is 0 Å². The first kappa shape index (κ1) is 10.4. The Bertz CT molecular complexity index is 289. The maximum atomic E-state index is 5.73. The van der Waals surface area contributed by atoms with Crippen molar-refractivity contribution in [3.05, 3.63) is 26.6 Å². The second-order valence-corrected chi connectivity index (χ2v) is 4.25. The van der Waals surface area contributed by atoms with Gasteiger partial charge in [0, 0.05) is 10.0 Å². The van der Waals surface area contributed by atoms with Crippen molar-refractivity contribution in [3.8, 4) is 5.75 Å². The Balaban J connectivity index is 3.24. The highest BCUT2D eigenvalue weighted by Crippen LogP contribution is 2.33. The molecule has 0 radical (unpaired) electrons. The van der Waals surface area contributed by atoms with E-state index in [1.54, 1.807) is 7.11 Å². The maximum Gasteiger partial charge on any atom is 0.137 e. The molecule has 0 unspecified atom stereocenters. The molecule has 12 heavy (non-hydrogen) atoms. The number of hydrogen-bond acceptors (Lipinski definition) is 1. The number of methoxy groups -OCH3 is 1. The van der Waals surface area contributed by atoms with Crippen molar-refractivity contribution in [2.45, 2.75) is 5.88 Å².